The van der Waals surface area contributed by atoms with Crippen molar-refractivity contribution in [2.24, 2.45) is 0 Å². The van der Waals surface area contributed by atoms with Gasteiger partial charge in [-0.3, -0.25) is 0 Å². The van der Waals surface area contributed by atoms with Gasteiger partial charge in [-0.05, 0) is 18.6 Å². The van der Waals surface area contributed by atoms with Gasteiger partial charge in [0, 0.05) is 0 Å². The summed E-state index contributed by atoms with van der Waals surface area (Å²) in [6, 6.07) is 0. The number of hydrogen-bond donors (Lipinski definition) is 0. The number of rotatable bonds is 3. The van der Waals surface area contributed by atoms with Gasteiger partial charge in [0.15, 0.2) is 8.32 Å². The Bertz CT molecular complexity index is 192. The van der Waals surface area contributed by atoms with E-state index < -0.39 is 8.32 Å². The fourth-order valence-corrected chi connectivity index (χ4v) is 2.11. The summed E-state index contributed by atoms with van der Waals surface area (Å²) in [6.07, 6.45) is 8.56. The van der Waals surface area contributed by atoms with Crippen LogP contribution in [-0.2, 0) is 4.43 Å². The van der Waals surface area contributed by atoms with Gasteiger partial charge in [-0.15, -0.1) is 0 Å². The van der Waals surface area contributed by atoms with Crippen LogP contribution in [-0.4, -0.2) is 14.4 Å². The van der Waals surface area contributed by atoms with Crippen LogP contribution in [0.3, 0.4) is 0 Å². The van der Waals surface area contributed by atoms with Crippen LogP contribution in [0, 0.1) is 0 Å². The molecule has 0 amide bonds. The molecule has 0 N–H and O–H groups in total. The number of allylic oxidation sites excluding steroid dienone is 2. The molecular weight excluding hydrogens is 164 g/mol. The smallest absolute Gasteiger partial charge is 0.190 e. The van der Waals surface area contributed by atoms with Gasteiger partial charge in [-0.2, -0.15) is 0 Å². The molecule has 0 aromatic rings. The Morgan fingerprint density at radius 3 is 2.08 bits per heavy atom. The highest BCUT2D eigenvalue weighted by atomic mass is 28.4. The molecule has 0 saturated heterocycles. The van der Waals surface area contributed by atoms with E-state index in [2.05, 4.69) is 51.2 Å². The molecule has 0 heterocycles. The van der Waals surface area contributed by atoms with Crippen molar-refractivity contribution in [3.8, 4) is 0 Å². The Balaban J connectivity index is 2.49. The van der Waals surface area contributed by atoms with Crippen molar-refractivity contribution in [3.63, 3.8) is 0 Å². The van der Waals surface area contributed by atoms with E-state index in [0.717, 1.165) is 0 Å². The molecule has 1 aliphatic carbocycles. The Kier molecular flexibility index (Phi) is 2.91. The van der Waals surface area contributed by atoms with Crippen LogP contribution >= 0.6 is 0 Å². The zero-order valence-electron chi connectivity index (χ0n) is 8.37. The first-order valence-electron chi connectivity index (χ1n) is 4.55. The van der Waals surface area contributed by atoms with Crippen LogP contribution in [0.5, 0.6) is 0 Å². The van der Waals surface area contributed by atoms with E-state index in [1.807, 2.05) is 0 Å². The molecule has 1 aliphatic rings. The first kappa shape index (κ1) is 9.74. The molecule has 0 bridgehead atoms. The second-order valence-electron chi connectivity index (χ2n) is 4.11. The zero-order chi connectivity index (χ0) is 9.19. The molecule has 12 heavy (non-hydrogen) atoms. The minimum absolute atomic E-state index is 0.245. The molecule has 0 aliphatic heterocycles. The molecule has 68 valence electrons. The predicted octanol–water partition coefficient (Wildman–Crippen LogP) is 3.11. The zero-order valence-corrected chi connectivity index (χ0v) is 9.37. The highest BCUT2D eigenvalue weighted by molar-refractivity contribution is 6.72. The molecule has 0 unspecified atom stereocenters. The van der Waals surface area contributed by atoms with E-state index in [1.165, 1.54) is 0 Å². The maximum absolute atomic E-state index is 6.03. The van der Waals surface area contributed by atoms with Crippen molar-refractivity contribution in [2.45, 2.75) is 38.6 Å². The van der Waals surface area contributed by atoms with Gasteiger partial charge in [-0.25, -0.2) is 0 Å². The molecule has 2 heteroatoms. The van der Waals surface area contributed by atoms with Gasteiger partial charge in [-0.1, -0.05) is 38.2 Å². The maximum Gasteiger partial charge on any atom is 0.190 e. The molecular formula is C10H18OSi. The summed E-state index contributed by atoms with van der Waals surface area (Å²) in [5.41, 5.74) is 0.680. The van der Waals surface area contributed by atoms with Gasteiger partial charge in [0.25, 0.3) is 0 Å². The highest BCUT2D eigenvalue weighted by Gasteiger charge is 2.29. The molecule has 1 rings (SSSR count). The van der Waals surface area contributed by atoms with E-state index >= 15 is 0 Å². The Hall–Kier alpha value is -0.343. The molecule has 1 nitrogen and oxygen atoms in total. The van der Waals surface area contributed by atoms with Gasteiger partial charge < -0.3 is 4.43 Å². The van der Waals surface area contributed by atoms with E-state index in [4.69, 9.17) is 4.43 Å². The van der Waals surface area contributed by atoms with Crippen molar-refractivity contribution < 1.29 is 4.43 Å². The van der Waals surface area contributed by atoms with Gasteiger partial charge in [0.05, 0.1) is 6.10 Å². The third-order valence-corrected chi connectivity index (χ3v) is 6.20. The van der Waals surface area contributed by atoms with E-state index in [9.17, 15) is 0 Å². The monoisotopic (exact) mass is 182 g/mol. The normalized spacial score (nSPS) is 18.1. The van der Waals surface area contributed by atoms with E-state index in [1.54, 1.807) is 0 Å². The SMILES string of the molecule is CC(C)[Si](C)(C)OC1C=CC=C1. The van der Waals surface area contributed by atoms with E-state index in [-0.39, 0.29) is 6.10 Å². The lowest BCUT2D eigenvalue weighted by Gasteiger charge is -2.29. The standard InChI is InChI=1S/C10H18OSi/c1-9(2)12(3,4)11-10-7-5-6-8-10/h5-10H,1-4H3. The topological polar surface area (TPSA) is 9.23 Å². The minimum Gasteiger partial charge on any atom is -0.407 e. The molecule has 0 fully saturated rings. The van der Waals surface area contributed by atoms with Crippen LogP contribution in [0.4, 0.5) is 0 Å². The largest absolute Gasteiger partial charge is 0.407 e. The van der Waals surface area contributed by atoms with Crippen molar-refractivity contribution in [2.75, 3.05) is 0 Å². The summed E-state index contributed by atoms with van der Waals surface area (Å²) in [4.78, 5) is 0. The van der Waals surface area contributed by atoms with Crippen LogP contribution in [0.1, 0.15) is 13.8 Å². The third-order valence-electron chi connectivity index (χ3n) is 2.54. The minimum atomic E-state index is -1.45. The summed E-state index contributed by atoms with van der Waals surface area (Å²) in [5.74, 6) is 0. The predicted molar refractivity (Wildman–Crippen MR) is 55.7 cm³/mol. The van der Waals surface area contributed by atoms with Crippen molar-refractivity contribution in [3.05, 3.63) is 24.3 Å². The second-order valence-corrected chi connectivity index (χ2v) is 8.71. The fraction of sp³-hybridized carbons (Fsp3) is 0.600. The summed E-state index contributed by atoms with van der Waals surface area (Å²) < 4.78 is 6.03. The molecule has 0 saturated carbocycles. The molecule has 0 atom stereocenters. The summed E-state index contributed by atoms with van der Waals surface area (Å²) in [5, 5.41) is 0. The Morgan fingerprint density at radius 1 is 1.17 bits per heavy atom. The van der Waals surface area contributed by atoms with Crippen LogP contribution < -0.4 is 0 Å². The lowest BCUT2D eigenvalue weighted by molar-refractivity contribution is 0.282. The number of hydrogen-bond acceptors (Lipinski definition) is 1. The van der Waals surface area contributed by atoms with Gasteiger partial charge in [0.1, 0.15) is 0 Å². The van der Waals surface area contributed by atoms with Crippen molar-refractivity contribution in [1.82, 2.24) is 0 Å². The van der Waals surface area contributed by atoms with Crippen molar-refractivity contribution >= 4 is 8.32 Å². The van der Waals surface area contributed by atoms with Gasteiger partial charge >= 0.3 is 0 Å². The molecule has 0 aromatic heterocycles. The highest BCUT2D eigenvalue weighted by Crippen LogP contribution is 2.24. The van der Waals surface area contributed by atoms with Crippen LogP contribution in [0.25, 0.3) is 0 Å². The quantitative estimate of drug-likeness (QED) is 0.609. The first-order chi connectivity index (χ1) is 5.52. The van der Waals surface area contributed by atoms with Crippen LogP contribution in [0.15, 0.2) is 24.3 Å². The maximum atomic E-state index is 6.03. The lowest BCUT2D eigenvalue weighted by Crippen LogP contribution is -2.36. The molecule has 0 spiro atoms. The second kappa shape index (κ2) is 3.58. The summed E-state index contributed by atoms with van der Waals surface area (Å²) in [6.45, 7) is 9.04. The average Bonchev–Trinajstić information content (AvgIpc) is 2.38. The molecule has 0 aromatic carbocycles. The summed E-state index contributed by atoms with van der Waals surface area (Å²) >= 11 is 0. The average molecular weight is 182 g/mol. The summed E-state index contributed by atoms with van der Waals surface area (Å²) in [7, 11) is -1.45. The third kappa shape index (κ3) is 2.32. The molecule has 0 radical (unpaired) electrons. The first-order valence-corrected chi connectivity index (χ1v) is 7.54. The Morgan fingerprint density at radius 2 is 1.67 bits per heavy atom. The van der Waals surface area contributed by atoms with E-state index in [0.29, 0.717) is 5.54 Å². The Labute approximate surface area is 76.3 Å². The van der Waals surface area contributed by atoms with Crippen LogP contribution in [0.2, 0.25) is 18.6 Å². The lowest BCUT2D eigenvalue weighted by atomic mass is 10.4. The van der Waals surface area contributed by atoms with Gasteiger partial charge in [0.2, 0.25) is 0 Å². The van der Waals surface area contributed by atoms with Crippen molar-refractivity contribution in [1.29, 1.82) is 0 Å². The fourth-order valence-electron chi connectivity index (χ4n) is 0.977.